The highest BCUT2D eigenvalue weighted by Gasteiger charge is 2.56. The van der Waals surface area contributed by atoms with Gasteiger partial charge in [0, 0.05) is 5.56 Å². The molecule has 6 atom stereocenters. The van der Waals surface area contributed by atoms with E-state index in [9.17, 15) is 5.11 Å². The van der Waals surface area contributed by atoms with Crippen molar-refractivity contribution >= 4 is 0 Å². The van der Waals surface area contributed by atoms with Crippen LogP contribution in [0.15, 0.2) is 30.3 Å². The van der Waals surface area contributed by atoms with Gasteiger partial charge in [-0.1, -0.05) is 30.3 Å². The summed E-state index contributed by atoms with van der Waals surface area (Å²) in [4.78, 5) is 0. The number of aliphatic hydroxyl groups excluding tert-OH is 1. The van der Waals surface area contributed by atoms with E-state index in [2.05, 4.69) is 0 Å². The summed E-state index contributed by atoms with van der Waals surface area (Å²) >= 11 is 0. The Morgan fingerprint density at radius 1 is 1.00 bits per heavy atom. The predicted molar refractivity (Wildman–Crippen MR) is 59.5 cm³/mol. The second kappa shape index (κ2) is 4.01. The van der Waals surface area contributed by atoms with Crippen LogP contribution in [0.1, 0.15) is 11.9 Å². The standard InChI is InChI=1S/C13H14O5/c14-9-8-6-15-13(16-8)11-10(9)17-12(18-11)7-4-2-1-3-5-7/h1-5,8-14H,6H2. The Labute approximate surface area is 104 Å². The summed E-state index contributed by atoms with van der Waals surface area (Å²) in [6, 6.07) is 9.68. The van der Waals surface area contributed by atoms with Gasteiger partial charge in [0.25, 0.3) is 0 Å². The highest BCUT2D eigenvalue weighted by atomic mass is 16.8. The predicted octanol–water partition coefficient (Wildman–Crippen LogP) is 0.585. The molecule has 6 unspecified atom stereocenters. The first-order valence-corrected chi connectivity index (χ1v) is 6.14. The Bertz CT molecular complexity index is 430. The van der Waals surface area contributed by atoms with Gasteiger partial charge < -0.3 is 24.1 Å². The molecule has 0 aliphatic carbocycles. The van der Waals surface area contributed by atoms with Crippen LogP contribution in [0.4, 0.5) is 0 Å². The number of hydrogen-bond donors (Lipinski definition) is 1. The molecule has 3 aliphatic rings. The molecular formula is C13H14O5. The van der Waals surface area contributed by atoms with Gasteiger partial charge in [0.1, 0.15) is 24.4 Å². The van der Waals surface area contributed by atoms with Gasteiger partial charge in [0.15, 0.2) is 12.6 Å². The van der Waals surface area contributed by atoms with E-state index in [0.717, 1.165) is 5.56 Å². The largest absolute Gasteiger partial charge is 0.387 e. The topological polar surface area (TPSA) is 57.2 Å². The molecule has 0 radical (unpaired) electrons. The smallest absolute Gasteiger partial charge is 0.187 e. The number of hydrogen-bond acceptors (Lipinski definition) is 5. The molecule has 5 nitrogen and oxygen atoms in total. The van der Waals surface area contributed by atoms with E-state index in [0.29, 0.717) is 6.61 Å². The highest BCUT2D eigenvalue weighted by molar-refractivity contribution is 5.17. The quantitative estimate of drug-likeness (QED) is 0.790. The summed E-state index contributed by atoms with van der Waals surface area (Å²) in [5.74, 6) is 0. The molecule has 1 aromatic rings. The maximum Gasteiger partial charge on any atom is 0.187 e. The maximum atomic E-state index is 10.1. The molecule has 4 rings (SSSR count). The molecular weight excluding hydrogens is 236 g/mol. The zero-order valence-electron chi connectivity index (χ0n) is 9.64. The van der Waals surface area contributed by atoms with E-state index >= 15 is 0 Å². The zero-order chi connectivity index (χ0) is 12.1. The summed E-state index contributed by atoms with van der Waals surface area (Å²) in [5, 5.41) is 10.1. The highest BCUT2D eigenvalue weighted by Crippen LogP contribution is 2.41. The molecule has 5 heteroatoms. The fourth-order valence-electron chi connectivity index (χ4n) is 2.74. The Balaban J connectivity index is 1.60. The van der Waals surface area contributed by atoms with Gasteiger partial charge in [0.2, 0.25) is 0 Å². The van der Waals surface area contributed by atoms with Crippen molar-refractivity contribution in [2.24, 2.45) is 0 Å². The Morgan fingerprint density at radius 3 is 2.61 bits per heavy atom. The van der Waals surface area contributed by atoms with Crippen LogP contribution in [0.2, 0.25) is 0 Å². The number of fused-ring (bicyclic) bond motifs is 4. The first-order chi connectivity index (χ1) is 8.83. The van der Waals surface area contributed by atoms with E-state index in [4.69, 9.17) is 18.9 Å². The van der Waals surface area contributed by atoms with Crippen molar-refractivity contribution in [3.63, 3.8) is 0 Å². The summed E-state index contributed by atoms with van der Waals surface area (Å²) in [6.07, 6.45) is -2.60. The lowest BCUT2D eigenvalue weighted by molar-refractivity contribution is -0.194. The lowest BCUT2D eigenvalue weighted by atomic mass is 10.0. The fourth-order valence-corrected chi connectivity index (χ4v) is 2.74. The van der Waals surface area contributed by atoms with Crippen molar-refractivity contribution in [2.75, 3.05) is 6.61 Å². The zero-order valence-corrected chi connectivity index (χ0v) is 9.64. The Morgan fingerprint density at radius 2 is 1.78 bits per heavy atom. The molecule has 1 N–H and O–H groups in total. The average molecular weight is 250 g/mol. The van der Waals surface area contributed by atoms with Gasteiger partial charge in [-0.25, -0.2) is 0 Å². The molecule has 0 amide bonds. The maximum absolute atomic E-state index is 10.1. The van der Waals surface area contributed by atoms with Crippen molar-refractivity contribution in [1.82, 2.24) is 0 Å². The fraction of sp³-hybridized carbons (Fsp3) is 0.538. The average Bonchev–Trinajstić information content (AvgIpc) is 3.04. The van der Waals surface area contributed by atoms with Gasteiger partial charge in [-0.3, -0.25) is 0 Å². The number of ether oxygens (including phenoxy) is 4. The molecule has 18 heavy (non-hydrogen) atoms. The third-order valence-corrected chi connectivity index (χ3v) is 3.68. The second-order valence-electron chi connectivity index (χ2n) is 4.81. The SMILES string of the molecule is OC1C2COC(O2)C2OC(c3ccccc3)OC12. The molecule has 3 heterocycles. The van der Waals surface area contributed by atoms with E-state index in [1.807, 2.05) is 30.3 Å². The monoisotopic (exact) mass is 250 g/mol. The van der Waals surface area contributed by atoms with Gasteiger partial charge in [-0.2, -0.15) is 0 Å². The third-order valence-electron chi connectivity index (χ3n) is 3.68. The van der Waals surface area contributed by atoms with Crippen molar-refractivity contribution in [3.05, 3.63) is 35.9 Å². The van der Waals surface area contributed by atoms with Crippen molar-refractivity contribution in [3.8, 4) is 0 Å². The molecule has 0 saturated carbocycles. The van der Waals surface area contributed by atoms with Crippen LogP contribution in [0.5, 0.6) is 0 Å². The van der Waals surface area contributed by atoms with E-state index in [1.165, 1.54) is 0 Å². The second-order valence-corrected chi connectivity index (χ2v) is 4.81. The van der Waals surface area contributed by atoms with Crippen LogP contribution in [-0.2, 0) is 18.9 Å². The molecule has 1 aromatic carbocycles. The summed E-state index contributed by atoms with van der Waals surface area (Å²) in [7, 11) is 0. The molecule has 3 fully saturated rings. The number of benzene rings is 1. The summed E-state index contributed by atoms with van der Waals surface area (Å²) in [6.45, 7) is 0.404. The van der Waals surface area contributed by atoms with Gasteiger partial charge >= 0.3 is 0 Å². The van der Waals surface area contributed by atoms with Crippen molar-refractivity contribution < 1.29 is 24.1 Å². The third kappa shape index (κ3) is 1.52. The minimum Gasteiger partial charge on any atom is -0.387 e. The van der Waals surface area contributed by atoms with E-state index in [-0.39, 0.29) is 18.3 Å². The van der Waals surface area contributed by atoms with Crippen molar-refractivity contribution in [2.45, 2.75) is 37.0 Å². The Kier molecular flexibility index (Phi) is 2.43. The minimum absolute atomic E-state index is 0.297. The van der Waals surface area contributed by atoms with Crippen LogP contribution < -0.4 is 0 Å². The minimum atomic E-state index is -0.692. The Hall–Kier alpha value is -0.980. The molecule has 0 spiro atoms. The van der Waals surface area contributed by atoms with E-state index in [1.54, 1.807) is 0 Å². The normalized spacial score (nSPS) is 46.1. The lowest BCUT2D eigenvalue weighted by Crippen LogP contribution is -2.52. The van der Waals surface area contributed by atoms with Crippen molar-refractivity contribution in [1.29, 1.82) is 0 Å². The summed E-state index contributed by atoms with van der Waals surface area (Å²) < 4.78 is 22.6. The van der Waals surface area contributed by atoms with Crippen LogP contribution in [0.3, 0.4) is 0 Å². The molecule has 0 aromatic heterocycles. The first-order valence-electron chi connectivity index (χ1n) is 6.14. The molecule has 2 bridgehead atoms. The van der Waals surface area contributed by atoms with Crippen LogP contribution in [0.25, 0.3) is 0 Å². The summed E-state index contributed by atoms with van der Waals surface area (Å²) in [5.41, 5.74) is 0.940. The lowest BCUT2D eigenvalue weighted by Gasteiger charge is -2.31. The molecule has 96 valence electrons. The molecule has 3 aliphatic heterocycles. The van der Waals surface area contributed by atoms with Gasteiger partial charge in [-0.05, 0) is 0 Å². The van der Waals surface area contributed by atoms with Crippen LogP contribution in [-0.4, -0.2) is 42.4 Å². The van der Waals surface area contributed by atoms with E-state index < -0.39 is 18.7 Å². The van der Waals surface area contributed by atoms with Crippen LogP contribution >= 0.6 is 0 Å². The number of rotatable bonds is 1. The number of aliphatic hydroxyl groups is 1. The van der Waals surface area contributed by atoms with Gasteiger partial charge in [0.05, 0.1) is 6.61 Å². The first kappa shape index (κ1) is 10.9. The van der Waals surface area contributed by atoms with Gasteiger partial charge in [-0.15, -0.1) is 0 Å². The molecule has 3 saturated heterocycles. The van der Waals surface area contributed by atoms with Crippen LogP contribution in [0, 0.1) is 0 Å².